The van der Waals surface area contributed by atoms with Crippen molar-refractivity contribution in [2.75, 3.05) is 32.8 Å². The molecule has 2 atom stereocenters. The van der Waals surface area contributed by atoms with Gasteiger partial charge in [-0.2, -0.15) is 0 Å². The van der Waals surface area contributed by atoms with Gasteiger partial charge in [-0.25, -0.2) is 4.79 Å². The second kappa shape index (κ2) is 8.38. The Labute approximate surface area is 144 Å². The van der Waals surface area contributed by atoms with Gasteiger partial charge < -0.3 is 20.3 Å². The Hall–Kier alpha value is -1.75. The highest BCUT2D eigenvalue weighted by molar-refractivity contribution is 5.74. The average molecular weight is 331 g/mol. The largest absolute Gasteiger partial charge is 0.493 e. The lowest BCUT2D eigenvalue weighted by molar-refractivity contribution is 0.195. The first-order valence-corrected chi connectivity index (χ1v) is 9.21. The van der Waals surface area contributed by atoms with E-state index in [-0.39, 0.29) is 12.1 Å². The summed E-state index contributed by atoms with van der Waals surface area (Å²) in [5.41, 5.74) is 1.07. The van der Waals surface area contributed by atoms with Gasteiger partial charge in [-0.1, -0.05) is 31.5 Å². The SMILES string of the molecule is C[C@H](CNC(=O)N[C@H]1CCOc2ccccc21)CN1CCCCC1. The summed E-state index contributed by atoms with van der Waals surface area (Å²) >= 11 is 0. The number of carbonyl (C=O) groups excluding carboxylic acids is 1. The summed E-state index contributed by atoms with van der Waals surface area (Å²) in [4.78, 5) is 14.8. The number of hydrogen-bond donors (Lipinski definition) is 2. The van der Waals surface area contributed by atoms with Gasteiger partial charge in [-0.05, 0) is 37.9 Å². The van der Waals surface area contributed by atoms with E-state index in [0.29, 0.717) is 19.1 Å². The summed E-state index contributed by atoms with van der Waals surface area (Å²) in [7, 11) is 0. The zero-order chi connectivity index (χ0) is 16.8. The third-order valence-electron chi connectivity index (χ3n) is 4.89. The van der Waals surface area contributed by atoms with Crippen LogP contribution in [0, 0.1) is 5.92 Å². The van der Waals surface area contributed by atoms with Crippen LogP contribution in [-0.4, -0.2) is 43.7 Å². The molecule has 132 valence electrons. The molecular weight excluding hydrogens is 302 g/mol. The fourth-order valence-corrected chi connectivity index (χ4v) is 3.62. The molecule has 1 aromatic carbocycles. The maximum absolute atomic E-state index is 12.2. The summed E-state index contributed by atoms with van der Waals surface area (Å²) in [5, 5.41) is 6.12. The van der Waals surface area contributed by atoms with Crippen LogP contribution in [-0.2, 0) is 0 Å². The van der Waals surface area contributed by atoms with Gasteiger partial charge in [-0.15, -0.1) is 0 Å². The van der Waals surface area contributed by atoms with Gasteiger partial charge in [0.1, 0.15) is 5.75 Å². The van der Waals surface area contributed by atoms with E-state index in [1.807, 2.05) is 24.3 Å². The van der Waals surface area contributed by atoms with Crippen molar-refractivity contribution in [3.8, 4) is 5.75 Å². The molecular formula is C19H29N3O2. The first-order valence-electron chi connectivity index (χ1n) is 9.21. The van der Waals surface area contributed by atoms with Crippen LogP contribution in [0.15, 0.2) is 24.3 Å². The molecule has 2 heterocycles. The van der Waals surface area contributed by atoms with E-state index in [4.69, 9.17) is 4.74 Å². The van der Waals surface area contributed by atoms with E-state index >= 15 is 0 Å². The molecule has 0 bridgehead atoms. The van der Waals surface area contributed by atoms with Crippen LogP contribution in [0.5, 0.6) is 5.75 Å². The molecule has 5 heteroatoms. The molecule has 0 saturated carbocycles. The van der Waals surface area contributed by atoms with Gasteiger partial charge in [0, 0.05) is 25.1 Å². The standard InChI is InChI=1S/C19H29N3O2/c1-15(14-22-10-5-2-6-11-22)13-20-19(23)21-17-9-12-24-18-8-4-3-7-16(17)18/h3-4,7-8,15,17H,2,5-6,9-14H2,1H3,(H2,20,21,23)/t15-,17+/m1/s1. The van der Waals surface area contributed by atoms with Gasteiger partial charge in [0.25, 0.3) is 0 Å². The van der Waals surface area contributed by atoms with Crippen LogP contribution in [0.1, 0.15) is 44.2 Å². The number of nitrogens with one attached hydrogen (secondary N) is 2. The molecule has 1 saturated heterocycles. The van der Waals surface area contributed by atoms with Crippen LogP contribution < -0.4 is 15.4 Å². The maximum Gasteiger partial charge on any atom is 0.315 e. The second-order valence-corrected chi connectivity index (χ2v) is 7.05. The summed E-state index contributed by atoms with van der Waals surface area (Å²) < 4.78 is 5.64. The smallest absolute Gasteiger partial charge is 0.315 e. The van der Waals surface area contributed by atoms with E-state index in [9.17, 15) is 4.79 Å². The molecule has 0 radical (unpaired) electrons. The molecule has 5 nitrogen and oxygen atoms in total. The molecule has 0 aromatic heterocycles. The van der Waals surface area contributed by atoms with Gasteiger partial charge in [-0.3, -0.25) is 0 Å². The highest BCUT2D eigenvalue weighted by Gasteiger charge is 2.22. The van der Waals surface area contributed by atoms with Crippen LogP contribution in [0.3, 0.4) is 0 Å². The Morgan fingerprint density at radius 3 is 2.92 bits per heavy atom. The number of fused-ring (bicyclic) bond motifs is 1. The lowest BCUT2D eigenvalue weighted by Crippen LogP contribution is -2.43. The Morgan fingerprint density at radius 2 is 2.08 bits per heavy atom. The van der Waals surface area contributed by atoms with Crippen LogP contribution in [0.4, 0.5) is 4.79 Å². The van der Waals surface area contributed by atoms with E-state index in [2.05, 4.69) is 22.5 Å². The third-order valence-corrected chi connectivity index (χ3v) is 4.89. The molecule has 2 aliphatic rings. The minimum absolute atomic E-state index is 0.0346. The van der Waals surface area contributed by atoms with E-state index in [1.54, 1.807) is 0 Å². The molecule has 3 rings (SSSR count). The monoisotopic (exact) mass is 331 g/mol. The summed E-state index contributed by atoms with van der Waals surface area (Å²) in [6, 6.07) is 7.89. The number of carbonyl (C=O) groups is 1. The number of rotatable bonds is 5. The minimum Gasteiger partial charge on any atom is -0.493 e. The number of amides is 2. The van der Waals surface area contributed by atoms with Crippen molar-refractivity contribution in [1.82, 2.24) is 15.5 Å². The second-order valence-electron chi connectivity index (χ2n) is 7.05. The quantitative estimate of drug-likeness (QED) is 0.872. The zero-order valence-electron chi connectivity index (χ0n) is 14.6. The van der Waals surface area contributed by atoms with Gasteiger partial charge in [0.2, 0.25) is 0 Å². The molecule has 24 heavy (non-hydrogen) atoms. The molecule has 0 unspecified atom stereocenters. The van der Waals surface area contributed by atoms with E-state index < -0.39 is 0 Å². The van der Waals surface area contributed by atoms with Crippen LogP contribution in [0.2, 0.25) is 0 Å². The van der Waals surface area contributed by atoms with Crippen molar-refractivity contribution in [3.63, 3.8) is 0 Å². The topological polar surface area (TPSA) is 53.6 Å². The highest BCUT2D eigenvalue weighted by atomic mass is 16.5. The molecule has 0 spiro atoms. The predicted molar refractivity (Wildman–Crippen MR) is 95.3 cm³/mol. The Morgan fingerprint density at radius 1 is 1.29 bits per heavy atom. The normalized spacial score (nSPS) is 22.1. The van der Waals surface area contributed by atoms with Crippen LogP contribution in [0.25, 0.3) is 0 Å². The van der Waals surface area contributed by atoms with Crippen molar-refractivity contribution in [2.24, 2.45) is 5.92 Å². The number of para-hydroxylation sites is 1. The summed E-state index contributed by atoms with van der Waals surface area (Å²) in [6.07, 6.45) is 4.79. The fraction of sp³-hybridized carbons (Fsp3) is 0.632. The molecule has 2 amide bonds. The Bertz CT molecular complexity index is 543. The van der Waals surface area contributed by atoms with Crippen molar-refractivity contribution >= 4 is 6.03 Å². The van der Waals surface area contributed by atoms with E-state index in [1.165, 1.54) is 32.4 Å². The number of nitrogens with zero attached hydrogens (tertiary/aromatic N) is 1. The fourth-order valence-electron chi connectivity index (χ4n) is 3.62. The number of likely N-dealkylation sites (tertiary alicyclic amines) is 1. The molecule has 1 aromatic rings. The first-order chi connectivity index (χ1) is 11.7. The molecule has 1 fully saturated rings. The molecule has 2 N–H and O–H groups in total. The summed E-state index contributed by atoms with van der Waals surface area (Å²) in [5.74, 6) is 1.35. The van der Waals surface area contributed by atoms with Crippen LogP contribution >= 0.6 is 0 Å². The van der Waals surface area contributed by atoms with Crippen molar-refractivity contribution in [1.29, 1.82) is 0 Å². The van der Waals surface area contributed by atoms with Gasteiger partial charge in [0.15, 0.2) is 0 Å². The lowest BCUT2D eigenvalue weighted by atomic mass is 10.0. The zero-order valence-corrected chi connectivity index (χ0v) is 14.6. The number of urea groups is 1. The number of benzene rings is 1. The highest BCUT2D eigenvalue weighted by Crippen LogP contribution is 2.31. The lowest BCUT2D eigenvalue weighted by Gasteiger charge is -2.29. The number of ether oxygens (including phenoxy) is 1. The molecule has 2 aliphatic heterocycles. The summed E-state index contributed by atoms with van der Waals surface area (Å²) in [6.45, 7) is 7.05. The van der Waals surface area contributed by atoms with Gasteiger partial charge in [0.05, 0.1) is 12.6 Å². The molecule has 0 aliphatic carbocycles. The van der Waals surface area contributed by atoms with Gasteiger partial charge >= 0.3 is 6.03 Å². The average Bonchev–Trinajstić information content (AvgIpc) is 2.61. The first kappa shape index (κ1) is 17.1. The number of hydrogen-bond acceptors (Lipinski definition) is 3. The van der Waals surface area contributed by atoms with Crippen molar-refractivity contribution in [3.05, 3.63) is 29.8 Å². The predicted octanol–water partition coefficient (Wildman–Crippen LogP) is 2.93. The van der Waals surface area contributed by atoms with Crippen molar-refractivity contribution in [2.45, 2.75) is 38.6 Å². The maximum atomic E-state index is 12.2. The Kier molecular flexibility index (Phi) is 5.96. The minimum atomic E-state index is -0.0813. The van der Waals surface area contributed by atoms with E-state index in [0.717, 1.165) is 24.3 Å². The van der Waals surface area contributed by atoms with Crippen molar-refractivity contribution < 1.29 is 9.53 Å². The number of piperidine rings is 1. The Balaban J connectivity index is 1.43. The third kappa shape index (κ3) is 4.63.